The number of para-hydroxylation sites is 2. The number of hydrazone groups is 1. The van der Waals surface area contributed by atoms with Crippen molar-refractivity contribution in [3.05, 3.63) is 128 Å². The van der Waals surface area contributed by atoms with Gasteiger partial charge in [0.25, 0.3) is 0 Å². The Morgan fingerprint density at radius 1 is 0.800 bits per heavy atom. The van der Waals surface area contributed by atoms with Crippen LogP contribution >= 0.6 is 0 Å². The number of hydrogen-bond donors (Lipinski definition) is 1. The fraction of sp³-hybridized carbons (Fsp3) is 0.0357. The Bertz CT molecular complexity index is 1730. The summed E-state index contributed by atoms with van der Waals surface area (Å²) < 4.78 is 41.8. The molecule has 9 nitrogen and oxygen atoms in total. The van der Waals surface area contributed by atoms with Crippen LogP contribution in [0.25, 0.3) is 27.8 Å². The van der Waals surface area contributed by atoms with Gasteiger partial charge in [-0.1, -0.05) is 66.7 Å². The molecule has 1 aromatic heterocycles. The quantitative estimate of drug-likeness (QED) is 0.129. The summed E-state index contributed by atoms with van der Waals surface area (Å²) in [7, 11) is 0. The summed E-state index contributed by atoms with van der Waals surface area (Å²) in [6, 6.07) is 26.8. The molecular formula is C28H18F3N5O4. The smallest absolute Gasteiger partial charge is 0.309 e. The Morgan fingerprint density at radius 3 is 1.93 bits per heavy atom. The molecule has 12 heteroatoms. The van der Waals surface area contributed by atoms with Crippen LogP contribution in [0.15, 0.2) is 102 Å². The van der Waals surface area contributed by atoms with Gasteiger partial charge >= 0.3 is 17.6 Å². The molecule has 0 atom stereocenters. The Labute approximate surface area is 224 Å². The average molecular weight is 545 g/mol. The first-order valence-corrected chi connectivity index (χ1v) is 11.7. The van der Waals surface area contributed by atoms with Crippen molar-refractivity contribution in [2.75, 3.05) is 5.43 Å². The summed E-state index contributed by atoms with van der Waals surface area (Å²) in [6.45, 7) is 0. The lowest BCUT2D eigenvalue weighted by molar-refractivity contribution is -0.392. The molecule has 0 aliphatic heterocycles. The number of nitro groups is 2. The van der Waals surface area contributed by atoms with E-state index in [1.165, 1.54) is 6.21 Å². The fourth-order valence-corrected chi connectivity index (χ4v) is 4.46. The lowest BCUT2D eigenvalue weighted by Gasteiger charge is -2.12. The molecule has 0 amide bonds. The molecule has 5 aromatic rings. The summed E-state index contributed by atoms with van der Waals surface area (Å²) >= 11 is 0. The van der Waals surface area contributed by atoms with Gasteiger partial charge in [0, 0.05) is 28.8 Å². The molecule has 0 saturated heterocycles. The average Bonchev–Trinajstić information content (AvgIpc) is 3.27. The molecule has 0 saturated carbocycles. The standard InChI is InChI=1S/C28H18F3N5O4/c29-28(30,31)19-15-24(35(37)38)26(25(16-19)36(39)40)33-32-17-22-21-13-7-8-14-23(21)34(20-11-5-2-6-12-20)27(22)18-9-3-1-4-10-18/h1-17,33H/b32-17-. The van der Waals surface area contributed by atoms with E-state index in [4.69, 9.17) is 0 Å². The number of nitrogens with one attached hydrogen (secondary N) is 1. The van der Waals surface area contributed by atoms with Gasteiger partial charge in [0.05, 0.1) is 32.8 Å². The topological polar surface area (TPSA) is 116 Å². The van der Waals surface area contributed by atoms with Crippen LogP contribution in [0.4, 0.5) is 30.2 Å². The van der Waals surface area contributed by atoms with E-state index in [1.807, 2.05) is 89.5 Å². The third-order valence-corrected chi connectivity index (χ3v) is 6.16. The van der Waals surface area contributed by atoms with Crippen molar-refractivity contribution in [2.45, 2.75) is 6.18 Å². The van der Waals surface area contributed by atoms with Crippen molar-refractivity contribution in [1.82, 2.24) is 4.57 Å². The zero-order chi connectivity index (χ0) is 28.4. The van der Waals surface area contributed by atoms with Crippen molar-refractivity contribution in [1.29, 1.82) is 0 Å². The normalized spacial score (nSPS) is 11.7. The monoisotopic (exact) mass is 545 g/mol. The number of rotatable bonds is 7. The van der Waals surface area contributed by atoms with Crippen molar-refractivity contribution < 1.29 is 23.0 Å². The van der Waals surface area contributed by atoms with Crippen LogP contribution in [0, 0.1) is 20.2 Å². The second-order valence-corrected chi connectivity index (χ2v) is 8.59. The second kappa shape index (κ2) is 10.3. The zero-order valence-corrected chi connectivity index (χ0v) is 20.4. The maximum atomic E-state index is 13.3. The number of fused-ring (bicyclic) bond motifs is 1. The van der Waals surface area contributed by atoms with Gasteiger partial charge in [-0.3, -0.25) is 25.7 Å². The molecule has 0 bridgehead atoms. The van der Waals surface area contributed by atoms with Crippen LogP contribution in [-0.2, 0) is 6.18 Å². The summed E-state index contributed by atoms with van der Waals surface area (Å²) in [5, 5.41) is 28.0. The molecule has 1 heterocycles. The van der Waals surface area contributed by atoms with E-state index in [2.05, 4.69) is 10.5 Å². The number of hydrogen-bond acceptors (Lipinski definition) is 6. The first kappa shape index (κ1) is 26.1. The fourth-order valence-electron chi connectivity index (χ4n) is 4.46. The van der Waals surface area contributed by atoms with Gasteiger partial charge in [-0.15, -0.1) is 0 Å². The third kappa shape index (κ3) is 4.85. The van der Waals surface area contributed by atoms with Crippen LogP contribution in [-0.4, -0.2) is 20.6 Å². The van der Waals surface area contributed by atoms with Crippen molar-refractivity contribution in [3.8, 4) is 16.9 Å². The van der Waals surface area contributed by atoms with Gasteiger partial charge in [0.1, 0.15) is 0 Å². The Balaban J connectivity index is 1.70. The minimum Gasteiger partial charge on any atom is -0.309 e. The van der Waals surface area contributed by atoms with E-state index < -0.39 is 38.6 Å². The Hall–Kier alpha value is -5.52. The Morgan fingerprint density at radius 2 is 1.35 bits per heavy atom. The molecule has 0 radical (unpaired) electrons. The lowest BCUT2D eigenvalue weighted by atomic mass is 10.1. The van der Waals surface area contributed by atoms with Crippen LogP contribution in [0.2, 0.25) is 0 Å². The molecule has 1 N–H and O–H groups in total. The van der Waals surface area contributed by atoms with Crippen molar-refractivity contribution in [3.63, 3.8) is 0 Å². The maximum absolute atomic E-state index is 13.3. The molecule has 4 aromatic carbocycles. The molecule has 0 aliphatic carbocycles. The first-order chi connectivity index (χ1) is 19.2. The molecule has 5 rings (SSSR count). The molecular weight excluding hydrogens is 527 g/mol. The summed E-state index contributed by atoms with van der Waals surface area (Å²) in [5.41, 5.74) is 1.50. The van der Waals surface area contributed by atoms with Crippen LogP contribution in [0.3, 0.4) is 0 Å². The molecule has 40 heavy (non-hydrogen) atoms. The minimum atomic E-state index is -5.03. The van der Waals surface area contributed by atoms with Gasteiger partial charge in [-0.25, -0.2) is 0 Å². The largest absolute Gasteiger partial charge is 0.416 e. The molecule has 0 unspecified atom stereocenters. The van der Waals surface area contributed by atoms with Gasteiger partial charge in [-0.2, -0.15) is 18.3 Å². The van der Waals surface area contributed by atoms with Crippen LogP contribution in [0.1, 0.15) is 11.1 Å². The molecule has 0 fully saturated rings. The van der Waals surface area contributed by atoms with E-state index in [-0.39, 0.29) is 12.1 Å². The van der Waals surface area contributed by atoms with E-state index in [0.717, 1.165) is 27.8 Å². The maximum Gasteiger partial charge on any atom is 0.416 e. The van der Waals surface area contributed by atoms with Crippen molar-refractivity contribution >= 4 is 34.2 Å². The predicted molar refractivity (Wildman–Crippen MR) is 145 cm³/mol. The van der Waals surface area contributed by atoms with Gasteiger partial charge < -0.3 is 4.57 Å². The lowest BCUT2D eigenvalue weighted by Crippen LogP contribution is -2.09. The van der Waals surface area contributed by atoms with E-state index in [1.54, 1.807) is 0 Å². The highest BCUT2D eigenvalue weighted by Gasteiger charge is 2.37. The van der Waals surface area contributed by atoms with E-state index in [0.29, 0.717) is 5.56 Å². The first-order valence-electron chi connectivity index (χ1n) is 11.7. The van der Waals surface area contributed by atoms with Crippen LogP contribution in [0.5, 0.6) is 0 Å². The summed E-state index contributed by atoms with van der Waals surface area (Å²) in [5.74, 6) is 0. The SMILES string of the molecule is O=[N+]([O-])c1cc(C(F)(F)F)cc([N+](=O)[O-])c1N/N=C\c1c(-c2ccccc2)n(-c2ccccc2)c2ccccc12. The number of halogens is 3. The minimum absolute atomic E-state index is 0.238. The highest BCUT2D eigenvalue weighted by atomic mass is 19.4. The van der Waals surface area contributed by atoms with Gasteiger partial charge in [0.2, 0.25) is 5.69 Å². The number of alkyl halides is 3. The number of anilines is 1. The second-order valence-electron chi connectivity index (χ2n) is 8.59. The number of nitrogens with zero attached hydrogens (tertiary/aromatic N) is 4. The predicted octanol–water partition coefficient (Wildman–Crippen LogP) is 7.58. The van der Waals surface area contributed by atoms with E-state index in [9.17, 15) is 33.4 Å². The highest BCUT2D eigenvalue weighted by molar-refractivity contribution is 6.07. The van der Waals surface area contributed by atoms with Gasteiger partial charge in [-0.05, 0) is 23.8 Å². The summed E-state index contributed by atoms with van der Waals surface area (Å²) in [6.07, 6.45) is -3.68. The number of aromatic nitrogens is 1. The van der Waals surface area contributed by atoms with Gasteiger partial charge in [0.15, 0.2) is 0 Å². The molecule has 0 aliphatic rings. The number of benzene rings is 4. The Kier molecular flexibility index (Phi) is 6.74. The molecule has 0 spiro atoms. The van der Waals surface area contributed by atoms with E-state index >= 15 is 0 Å². The van der Waals surface area contributed by atoms with Crippen LogP contribution < -0.4 is 5.43 Å². The molecule has 200 valence electrons. The zero-order valence-electron chi connectivity index (χ0n) is 20.4. The highest BCUT2D eigenvalue weighted by Crippen LogP contribution is 2.41. The third-order valence-electron chi connectivity index (χ3n) is 6.16. The summed E-state index contributed by atoms with van der Waals surface area (Å²) in [4.78, 5) is 21.0. The number of nitro benzene ring substituents is 2. The van der Waals surface area contributed by atoms with Crippen molar-refractivity contribution in [2.24, 2.45) is 5.10 Å².